The van der Waals surface area contributed by atoms with Crippen molar-refractivity contribution >= 4 is 27.3 Å². The lowest BCUT2D eigenvalue weighted by Crippen LogP contribution is -1.98. The zero-order chi connectivity index (χ0) is 9.14. The van der Waals surface area contributed by atoms with E-state index in [9.17, 15) is 0 Å². The molecular weight excluding hydrogens is 220 g/mol. The summed E-state index contributed by atoms with van der Waals surface area (Å²) in [6, 6.07) is 3.45. The summed E-state index contributed by atoms with van der Waals surface area (Å²) >= 11 is 3.32. The third-order valence-corrected chi connectivity index (χ3v) is 2.06. The Hall–Kier alpha value is -0.900. The summed E-state index contributed by atoms with van der Waals surface area (Å²) in [5, 5.41) is 0. The normalized spacial score (nSPS) is 9.83. The van der Waals surface area contributed by atoms with Crippen LogP contribution < -0.4 is 16.2 Å². The molecule has 0 atom stereocenters. The second-order valence-electron chi connectivity index (χ2n) is 2.34. The van der Waals surface area contributed by atoms with Crippen molar-refractivity contribution in [2.24, 2.45) is 0 Å². The minimum atomic E-state index is 0.543. The zero-order valence-electron chi connectivity index (χ0n) is 6.80. The van der Waals surface area contributed by atoms with Crippen molar-refractivity contribution in [1.82, 2.24) is 0 Å². The summed E-state index contributed by atoms with van der Waals surface area (Å²) in [6.45, 7) is 2.53. The van der Waals surface area contributed by atoms with Gasteiger partial charge in [0.05, 0.1) is 22.5 Å². The maximum atomic E-state index is 5.59. The summed E-state index contributed by atoms with van der Waals surface area (Å²) in [6.07, 6.45) is 0. The summed E-state index contributed by atoms with van der Waals surface area (Å²) in [5.41, 5.74) is 12.3. The Morgan fingerprint density at radius 2 is 1.92 bits per heavy atom. The number of nitrogen functional groups attached to an aromatic ring is 2. The van der Waals surface area contributed by atoms with Crippen LogP contribution in [-0.4, -0.2) is 6.61 Å². The lowest BCUT2D eigenvalue weighted by atomic mass is 10.2. The average Bonchev–Trinajstić information content (AvgIpc) is 2.01. The molecule has 0 aliphatic rings. The Morgan fingerprint density at radius 3 is 2.50 bits per heavy atom. The number of halogens is 1. The third kappa shape index (κ3) is 1.82. The molecule has 1 aromatic carbocycles. The van der Waals surface area contributed by atoms with Crippen molar-refractivity contribution in [3.63, 3.8) is 0 Å². The van der Waals surface area contributed by atoms with Crippen LogP contribution >= 0.6 is 15.9 Å². The second kappa shape index (κ2) is 3.67. The fourth-order valence-corrected chi connectivity index (χ4v) is 1.33. The predicted octanol–water partition coefficient (Wildman–Crippen LogP) is 2.01. The fraction of sp³-hybridized carbons (Fsp3) is 0.250. The molecule has 0 heterocycles. The van der Waals surface area contributed by atoms with Gasteiger partial charge in [-0.3, -0.25) is 0 Å². The van der Waals surface area contributed by atoms with Gasteiger partial charge < -0.3 is 16.2 Å². The van der Waals surface area contributed by atoms with E-state index >= 15 is 0 Å². The van der Waals surface area contributed by atoms with Crippen LogP contribution in [-0.2, 0) is 0 Å². The van der Waals surface area contributed by atoms with Gasteiger partial charge in [0.1, 0.15) is 5.75 Å². The van der Waals surface area contributed by atoms with E-state index in [0.717, 1.165) is 10.2 Å². The van der Waals surface area contributed by atoms with Gasteiger partial charge in [-0.2, -0.15) is 0 Å². The van der Waals surface area contributed by atoms with E-state index in [1.807, 2.05) is 6.92 Å². The molecule has 0 unspecified atom stereocenters. The molecule has 1 rings (SSSR count). The Bertz CT molecular complexity index is 289. The molecule has 0 radical (unpaired) electrons. The Balaban J connectivity index is 3.05. The molecular formula is C8H11BrN2O. The van der Waals surface area contributed by atoms with E-state index in [4.69, 9.17) is 16.2 Å². The summed E-state index contributed by atoms with van der Waals surface area (Å²) in [5.74, 6) is 0.726. The monoisotopic (exact) mass is 230 g/mol. The highest BCUT2D eigenvalue weighted by atomic mass is 79.9. The molecule has 12 heavy (non-hydrogen) atoms. The van der Waals surface area contributed by atoms with E-state index in [1.165, 1.54) is 0 Å². The minimum Gasteiger partial charge on any atom is -0.493 e. The van der Waals surface area contributed by atoms with E-state index in [1.54, 1.807) is 12.1 Å². The van der Waals surface area contributed by atoms with Gasteiger partial charge >= 0.3 is 0 Å². The van der Waals surface area contributed by atoms with Gasteiger partial charge in [0.25, 0.3) is 0 Å². The minimum absolute atomic E-state index is 0.543. The molecule has 0 saturated heterocycles. The van der Waals surface area contributed by atoms with Crippen LogP contribution in [0.1, 0.15) is 6.92 Å². The summed E-state index contributed by atoms with van der Waals surface area (Å²) < 4.78 is 6.12. The highest BCUT2D eigenvalue weighted by molar-refractivity contribution is 9.10. The molecule has 0 bridgehead atoms. The van der Waals surface area contributed by atoms with Gasteiger partial charge in [-0.25, -0.2) is 0 Å². The van der Waals surface area contributed by atoms with E-state index in [0.29, 0.717) is 18.0 Å². The number of rotatable bonds is 2. The number of ether oxygens (including phenoxy) is 1. The summed E-state index contributed by atoms with van der Waals surface area (Å²) in [7, 11) is 0. The molecule has 0 amide bonds. The highest BCUT2D eigenvalue weighted by Crippen LogP contribution is 2.31. The van der Waals surface area contributed by atoms with Crippen LogP contribution in [0.4, 0.5) is 11.4 Å². The first-order valence-electron chi connectivity index (χ1n) is 3.62. The van der Waals surface area contributed by atoms with Crippen molar-refractivity contribution in [3.8, 4) is 5.75 Å². The van der Waals surface area contributed by atoms with E-state index < -0.39 is 0 Å². The molecule has 0 saturated carbocycles. The van der Waals surface area contributed by atoms with Gasteiger partial charge in [-0.15, -0.1) is 0 Å². The Kier molecular flexibility index (Phi) is 2.81. The SMILES string of the molecule is CCOc1cc(N)c(N)cc1Br. The molecule has 4 heteroatoms. The number of benzene rings is 1. The highest BCUT2D eigenvalue weighted by Gasteiger charge is 2.03. The van der Waals surface area contributed by atoms with E-state index in [-0.39, 0.29) is 0 Å². The van der Waals surface area contributed by atoms with Gasteiger partial charge in [0, 0.05) is 6.07 Å². The van der Waals surface area contributed by atoms with Crippen LogP contribution in [0.5, 0.6) is 5.75 Å². The maximum absolute atomic E-state index is 5.59. The molecule has 0 spiro atoms. The number of anilines is 2. The summed E-state index contributed by atoms with van der Waals surface area (Å²) in [4.78, 5) is 0. The van der Waals surface area contributed by atoms with E-state index in [2.05, 4.69) is 15.9 Å². The van der Waals surface area contributed by atoms with Gasteiger partial charge in [0.2, 0.25) is 0 Å². The quantitative estimate of drug-likeness (QED) is 0.765. The smallest absolute Gasteiger partial charge is 0.135 e. The largest absolute Gasteiger partial charge is 0.493 e. The molecule has 0 aliphatic heterocycles. The molecule has 0 aromatic heterocycles. The fourth-order valence-electron chi connectivity index (χ4n) is 0.851. The number of nitrogens with two attached hydrogens (primary N) is 2. The molecule has 66 valence electrons. The van der Waals surface area contributed by atoms with Crippen molar-refractivity contribution in [2.45, 2.75) is 6.92 Å². The first kappa shape index (κ1) is 9.19. The van der Waals surface area contributed by atoms with Gasteiger partial charge in [-0.1, -0.05) is 0 Å². The van der Waals surface area contributed by atoms with Crippen LogP contribution in [0.3, 0.4) is 0 Å². The lowest BCUT2D eigenvalue weighted by Gasteiger charge is -2.08. The molecule has 0 fully saturated rings. The Morgan fingerprint density at radius 1 is 1.33 bits per heavy atom. The predicted molar refractivity (Wildman–Crippen MR) is 54.1 cm³/mol. The van der Waals surface area contributed by atoms with Crippen LogP contribution in [0.2, 0.25) is 0 Å². The number of hydrogen-bond donors (Lipinski definition) is 2. The van der Waals surface area contributed by atoms with Crippen molar-refractivity contribution in [1.29, 1.82) is 0 Å². The van der Waals surface area contributed by atoms with Crippen molar-refractivity contribution in [2.75, 3.05) is 18.1 Å². The second-order valence-corrected chi connectivity index (χ2v) is 3.20. The molecule has 1 aromatic rings. The number of hydrogen-bond acceptors (Lipinski definition) is 3. The standard InChI is InChI=1S/C8H11BrN2O/c1-2-12-8-4-7(11)6(10)3-5(8)9/h3-4H,2,10-11H2,1H3. The van der Waals surface area contributed by atoms with Gasteiger partial charge in [-0.05, 0) is 28.9 Å². The maximum Gasteiger partial charge on any atom is 0.135 e. The topological polar surface area (TPSA) is 61.3 Å². The zero-order valence-corrected chi connectivity index (χ0v) is 8.39. The molecule has 0 aliphatic carbocycles. The molecule has 4 N–H and O–H groups in total. The van der Waals surface area contributed by atoms with Crippen LogP contribution in [0.15, 0.2) is 16.6 Å². The van der Waals surface area contributed by atoms with Crippen LogP contribution in [0, 0.1) is 0 Å². The first-order valence-corrected chi connectivity index (χ1v) is 4.41. The first-order chi connectivity index (χ1) is 5.65. The van der Waals surface area contributed by atoms with Crippen molar-refractivity contribution < 1.29 is 4.74 Å². The van der Waals surface area contributed by atoms with Crippen LogP contribution in [0.25, 0.3) is 0 Å². The average molecular weight is 231 g/mol. The van der Waals surface area contributed by atoms with Crippen molar-refractivity contribution in [3.05, 3.63) is 16.6 Å². The molecule has 3 nitrogen and oxygen atoms in total. The third-order valence-electron chi connectivity index (χ3n) is 1.44. The lowest BCUT2D eigenvalue weighted by molar-refractivity contribution is 0.338. The van der Waals surface area contributed by atoms with Gasteiger partial charge in [0.15, 0.2) is 0 Å². The Labute approximate surface area is 79.8 Å².